The maximum Gasteiger partial charge on any atom is 0.237 e. The first kappa shape index (κ1) is 24.7. The number of anilines is 1. The zero-order chi connectivity index (χ0) is 26.8. The molecule has 7 nitrogen and oxygen atoms in total. The molecule has 3 aromatic carbocycles. The molecule has 0 fully saturated rings. The summed E-state index contributed by atoms with van der Waals surface area (Å²) >= 11 is 0. The molecule has 39 heavy (non-hydrogen) atoms. The van der Waals surface area contributed by atoms with Crippen LogP contribution in [0.1, 0.15) is 28.3 Å². The summed E-state index contributed by atoms with van der Waals surface area (Å²) in [6.45, 7) is 3.55. The van der Waals surface area contributed by atoms with Crippen molar-refractivity contribution in [2.75, 3.05) is 18.4 Å². The van der Waals surface area contributed by atoms with Gasteiger partial charge < -0.3 is 15.4 Å². The van der Waals surface area contributed by atoms with E-state index < -0.39 is 0 Å². The number of nitrogens with zero attached hydrogens (tertiary/aromatic N) is 4. The number of ether oxygens (including phenoxy) is 1. The normalized spacial score (nSPS) is 15.2. The van der Waals surface area contributed by atoms with Gasteiger partial charge in [-0.15, -0.1) is 0 Å². The number of aryl methyl sites for hydroxylation is 2. The Morgan fingerprint density at radius 3 is 2.72 bits per heavy atom. The lowest BCUT2D eigenvalue weighted by molar-refractivity contribution is 0.150. The topological polar surface area (TPSA) is 87.8 Å². The summed E-state index contributed by atoms with van der Waals surface area (Å²) in [7, 11) is 1.96. The smallest absolute Gasteiger partial charge is 0.237 e. The molecule has 194 valence electrons. The first-order chi connectivity index (χ1) is 19.1. The minimum Gasteiger partial charge on any atom is -0.469 e. The van der Waals surface area contributed by atoms with Crippen molar-refractivity contribution >= 4 is 16.6 Å². The van der Waals surface area contributed by atoms with Gasteiger partial charge in [-0.05, 0) is 72.5 Å². The molecule has 7 heteroatoms. The van der Waals surface area contributed by atoms with E-state index in [1.165, 1.54) is 16.7 Å². The lowest BCUT2D eigenvalue weighted by Crippen LogP contribution is -2.43. The van der Waals surface area contributed by atoms with Crippen molar-refractivity contribution in [3.05, 3.63) is 107 Å². The van der Waals surface area contributed by atoms with Crippen LogP contribution >= 0.6 is 0 Å². The highest BCUT2D eigenvalue weighted by molar-refractivity contribution is 5.87. The Bertz CT molecular complexity index is 1650. The van der Waals surface area contributed by atoms with Gasteiger partial charge in [0.15, 0.2) is 0 Å². The van der Waals surface area contributed by atoms with Gasteiger partial charge in [-0.25, -0.2) is 4.98 Å². The van der Waals surface area contributed by atoms with Crippen LogP contribution in [0.4, 0.5) is 5.69 Å². The molecule has 0 saturated heterocycles. The molecule has 0 bridgehead atoms. The fourth-order valence-electron chi connectivity index (χ4n) is 5.26. The van der Waals surface area contributed by atoms with Gasteiger partial charge in [-0.2, -0.15) is 10.4 Å². The minimum atomic E-state index is -0.132. The van der Waals surface area contributed by atoms with Crippen molar-refractivity contribution in [3.63, 3.8) is 0 Å². The second kappa shape index (κ2) is 10.6. The molecule has 6 rings (SSSR count). The number of aromatic nitrogens is 3. The van der Waals surface area contributed by atoms with Crippen molar-refractivity contribution in [1.82, 2.24) is 20.1 Å². The molecule has 0 radical (unpaired) electrons. The first-order valence-corrected chi connectivity index (χ1v) is 13.2. The van der Waals surface area contributed by atoms with Crippen LogP contribution in [-0.4, -0.2) is 34.0 Å². The van der Waals surface area contributed by atoms with E-state index in [0.29, 0.717) is 18.0 Å². The largest absolute Gasteiger partial charge is 0.469 e. The highest BCUT2D eigenvalue weighted by Gasteiger charge is 2.29. The Hall–Kier alpha value is -4.67. The molecule has 0 spiro atoms. The fraction of sp³-hybridized carbons (Fsp3) is 0.219. The second-order valence-electron chi connectivity index (χ2n) is 10.0. The Balaban J connectivity index is 1.20. The van der Waals surface area contributed by atoms with E-state index in [-0.39, 0.29) is 12.1 Å². The van der Waals surface area contributed by atoms with Crippen molar-refractivity contribution in [1.29, 1.82) is 5.26 Å². The molecule has 2 atom stereocenters. The predicted octanol–water partition coefficient (Wildman–Crippen LogP) is 5.56. The standard InChI is InChI=1S/C32H30N6O/c1-21-14-29-26(19-37-38(29)2)15-27(21)25-16-28-32(36-18-25)39-30(20-35-28)31(24-6-4-3-5-7-24)34-13-12-22-8-10-23(17-33)11-9-22/h3-11,14-16,18-19,30-31,34-35H,12-13,20H2,1-2H3/t30-,31+/m0/s1. The molecule has 2 N–H and O–H groups in total. The van der Waals surface area contributed by atoms with Gasteiger partial charge in [0.25, 0.3) is 0 Å². The summed E-state index contributed by atoms with van der Waals surface area (Å²) in [5.41, 5.74) is 8.42. The second-order valence-corrected chi connectivity index (χ2v) is 10.0. The van der Waals surface area contributed by atoms with E-state index in [2.05, 4.69) is 71.2 Å². The van der Waals surface area contributed by atoms with Crippen LogP contribution in [0.3, 0.4) is 0 Å². The molecular formula is C32H30N6O. The number of benzene rings is 3. The molecule has 3 heterocycles. The average Bonchev–Trinajstić information content (AvgIpc) is 3.34. The zero-order valence-corrected chi connectivity index (χ0v) is 22.1. The maximum atomic E-state index is 9.05. The van der Waals surface area contributed by atoms with Crippen LogP contribution in [0.15, 0.2) is 85.2 Å². The number of fused-ring (bicyclic) bond motifs is 2. The van der Waals surface area contributed by atoms with Gasteiger partial charge in [0.1, 0.15) is 6.10 Å². The van der Waals surface area contributed by atoms with Crippen LogP contribution in [-0.2, 0) is 13.5 Å². The van der Waals surface area contributed by atoms with Crippen molar-refractivity contribution in [2.45, 2.75) is 25.5 Å². The van der Waals surface area contributed by atoms with Gasteiger partial charge in [0.2, 0.25) is 5.88 Å². The highest BCUT2D eigenvalue weighted by atomic mass is 16.5. The Morgan fingerprint density at radius 2 is 1.92 bits per heavy atom. The summed E-state index contributed by atoms with van der Waals surface area (Å²) in [5, 5.41) is 21.8. The third-order valence-electron chi connectivity index (χ3n) is 7.40. The molecule has 1 aliphatic rings. The number of hydrogen-bond acceptors (Lipinski definition) is 6. The zero-order valence-electron chi connectivity index (χ0n) is 22.1. The number of hydrogen-bond donors (Lipinski definition) is 2. The number of nitrogens with one attached hydrogen (secondary N) is 2. The first-order valence-electron chi connectivity index (χ1n) is 13.2. The van der Waals surface area contributed by atoms with Crippen LogP contribution < -0.4 is 15.4 Å². The summed E-state index contributed by atoms with van der Waals surface area (Å²) in [5.74, 6) is 0.616. The van der Waals surface area contributed by atoms with Crippen molar-refractivity contribution in [2.24, 2.45) is 7.05 Å². The fourth-order valence-corrected chi connectivity index (χ4v) is 5.26. The maximum absolute atomic E-state index is 9.05. The Labute approximate surface area is 228 Å². The van der Waals surface area contributed by atoms with Crippen molar-refractivity contribution < 1.29 is 4.74 Å². The van der Waals surface area contributed by atoms with Crippen LogP contribution in [0.2, 0.25) is 0 Å². The lowest BCUT2D eigenvalue weighted by atomic mass is 9.98. The van der Waals surface area contributed by atoms with E-state index in [1.54, 1.807) is 0 Å². The van der Waals surface area contributed by atoms with E-state index >= 15 is 0 Å². The van der Waals surface area contributed by atoms with Gasteiger partial charge >= 0.3 is 0 Å². The monoisotopic (exact) mass is 514 g/mol. The van der Waals surface area contributed by atoms with Crippen LogP contribution in [0, 0.1) is 18.3 Å². The number of nitriles is 1. The summed E-state index contributed by atoms with van der Waals surface area (Å²) < 4.78 is 8.39. The van der Waals surface area contributed by atoms with Gasteiger partial charge in [-0.1, -0.05) is 42.5 Å². The Kier molecular flexibility index (Phi) is 6.70. The molecule has 2 aromatic heterocycles. The molecule has 0 aliphatic carbocycles. The van der Waals surface area contributed by atoms with E-state index in [0.717, 1.165) is 40.7 Å². The summed E-state index contributed by atoms with van der Waals surface area (Å²) in [4.78, 5) is 4.73. The van der Waals surface area contributed by atoms with Crippen LogP contribution in [0.25, 0.3) is 22.0 Å². The number of rotatable bonds is 7. The molecule has 0 unspecified atom stereocenters. The molecule has 0 saturated carbocycles. The van der Waals surface area contributed by atoms with E-state index in [9.17, 15) is 0 Å². The van der Waals surface area contributed by atoms with Crippen molar-refractivity contribution in [3.8, 4) is 23.1 Å². The average molecular weight is 515 g/mol. The lowest BCUT2D eigenvalue weighted by Gasteiger charge is -2.33. The quantitative estimate of drug-likeness (QED) is 0.296. The minimum absolute atomic E-state index is 0.0121. The molecule has 0 amide bonds. The van der Waals surface area contributed by atoms with Gasteiger partial charge in [-0.3, -0.25) is 4.68 Å². The number of pyridine rings is 1. The summed E-state index contributed by atoms with van der Waals surface area (Å²) in [6.07, 6.45) is 4.51. The molecule has 5 aromatic rings. The van der Waals surface area contributed by atoms with E-state index in [4.69, 9.17) is 15.0 Å². The molecular weight excluding hydrogens is 484 g/mol. The van der Waals surface area contributed by atoms with Gasteiger partial charge in [0.05, 0.1) is 41.6 Å². The van der Waals surface area contributed by atoms with Crippen LogP contribution in [0.5, 0.6) is 5.88 Å². The summed E-state index contributed by atoms with van der Waals surface area (Å²) in [6, 6.07) is 26.8. The molecule has 1 aliphatic heterocycles. The SMILES string of the molecule is Cc1cc2c(cnn2C)cc1-c1cnc2c(c1)NC[C@@H]([C@H](NCCc1ccc(C#N)cc1)c1ccccc1)O2. The highest BCUT2D eigenvalue weighted by Crippen LogP contribution is 2.36. The van der Waals surface area contributed by atoms with Gasteiger partial charge in [0, 0.05) is 24.2 Å². The third kappa shape index (κ3) is 5.07. The Morgan fingerprint density at radius 1 is 1.10 bits per heavy atom. The third-order valence-corrected chi connectivity index (χ3v) is 7.40. The van der Waals surface area contributed by atoms with E-state index in [1.807, 2.05) is 54.5 Å². The predicted molar refractivity (Wildman–Crippen MR) is 154 cm³/mol.